The Bertz CT molecular complexity index is 907. The van der Waals surface area contributed by atoms with Gasteiger partial charge in [0.15, 0.2) is 0 Å². The maximum absolute atomic E-state index is 5.53. The molecule has 7 nitrogen and oxygen atoms in total. The SMILES string of the molecule is Cc1nc(CN(C)[C@H]2CCCc3cccnc32)cc(N2CCC(N3CCOCC3)CC2)n1. The van der Waals surface area contributed by atoms with Crippen LogP contribution in [0.15, 0.2) is 24.4 Å². The number of nitrogens with zero attached hydrogens (tertiary/aromatic N) is 6. The highest BCUT2D eigenvalue weighted by Gasteiger charge is 2.28. The van der Waals surface area contributed by atoms with Gasteiger partial charge < -0.3 is 9.64 Å². The number of aryl methyl sites for hydroxylation is 2. The molecule has 172 valence electrons. The van der Waals surface area contributed by atoms with Gasteiger partial charge in [-0.1, -0.05) is 6.07 Å². The van der Waals surface area contributed by atoms with E-state index >= 15 is 0 Å². The van der Waals surface area contributed by atoms with Gasteiger partial charge in [0, 0.05) is 51.0 Å². The molecular weight excluding hydrogens is 400 g/mol. The van der Waals surface area contributed by atoms with Gasteiger partial charge in [-0.2, -0.15) is 0 Å². The fourth-order valence-corrected chi connectivity index (χ4v) is 5.64. The van der Waals surface area contributed by atoms with E-state index in [1.807, 2.05) is 13.1 Å². The van der Waals surface area contributed by atoms with Crippen molar-refractivity contribution in [1.29, 1.82) is 0 Å². The Morgan fingerprint density at radius 2 is 1.91 bits per heavy atom. The van der Waals surface area contributed by atoms with Gasteiger partial charge in [0.05, 0.1) is 30.6 Å². The summed E-state index contributed by atoms with van der Waals surface area (Å²) < 4.78 is 5.53. The molecule has 1 aliphatic carbocycles. The summed E-state index contributed by atoms with van der Waals surface area (Å²) in [5.41, 5.74) is 3.75. The van der Waals surface area contributed by atoms with Crippen molar-refractivity contribution < 1.29 is 4.74 Å². The smallest absolute Gasteiger partial charge is 0.132 e. The van der Waals surface area contributed by atoms with Crippen molar-refractivity contribution in [1.82, 2.24) is 24.8 Å². The minimum Gasteiger partial charge on any atom is -0.379 e. The minimum atomic E-state index is 0.364. The number of rotatable bonds is 5. The number of pyridine rings is 1. The zero-order valence-corrected chi connectivity index (χ0v) is 19.5. The second-order valence-corrected chi connectivity index (χ2v) is 9.50. The molecule has 1 atom stereocenters. The molecule has 0 unspecified atom stereocenters. The summed E-state index contributed by atoms with van der Waals surface area (Å²) in [6, 6.07) is 7.55. The van der Waals surface area contributed by atoms with Crippen LogP contribution in [-0.4, -0.2) is 77.2 Å². The normalized spacial score (nSPS) is 22.8. The quantitative estimate of drug-likeness (QED) is 0.714. The molecule has 2 fully saturated rings. The van der Waals surface area contributed by atoms with Crippen molar-refractivity contribution in [2.75, 3.05) is 51.3 Å². The third-order valence-electron chi connectivity index (χ3n) is 7.34. The maximum Gasteiger partial charge on any atom is 0.132 e. The van der Waals surface area contributed by atoms with Gasteiger partial charge in [0.1, 0.15) is 11.6 Å². The first kappa shape index (κ1) is 21.7. The third-order valence-corrected chi connectivity index (χ3v) is 7.34. The first-order valence-corrected chi connectivity index (χ1v) is 12.2. The van der Waals surface area contributed by atoms with Crippen LogP contribution in [-0.2, 0) is 17.7 Å². The van der Waals surface area contributed by atoms with Crippen LogP contribution in [0.25, 0.3) is 0 Å². The van der Waals surface area contributed by atoms with Crippen molar-refractivity contribution in [3.63, 3.8) is 0 Å². The average Bonchev–Trinajstić information content (AvgIpc) is 2.84. The number of hydrogen-bond donors (Lipinski definition) is 0. The lowest BCUT2D eigenvalue weighted by Gasteiger charge is -2.40. The van der Waals surface area contributed by atoms with Crippen molar-refractivity contribution in [2.45, 2.75) is 57.7 Å². The second kappa shape index (κ2) is 9.81. The fourth-order valence-electron chi connectivity index (χ4n) is 5.64. The van der Waals surface area contributed by atoms with E-state index in [4.69, 9.17) is 19.7 Å². The van der Waals surface area contributed by atoms with Crippen LogP contribution in [0.5, 0.6) is 0 Å². The molecule has 3 aliphatic rings. The van der Waals surface area contributed by atoms with Crippen LogP contribution in [0.4, 0.5) is 5.82 Å². The van der Waals surface area contributed by atoms with Crippen molar-refractivity contribution in [3.05, 3.63) is 47.2 Å². The van der Waals surface area contributed by atoms with E-state index in [0.717, 1.165) is 76.1 Å². The lowest BCUT2D eigenvalue weighted by Crippen LogP contribution is -2.49. The van der Waals surface area contributed by atoms with Crippen LogP contribution in [0, 0.1) is 6.92 Å². The predicted octanol–water partition coefficient (Wildman–Crippen LogP) is 2.99. The molecule has 0 saturated carbocycles. The molecule has 7 heteroatoms. The number of morpholine rings is 1. The maximum atomic E-state index is 5.53. The molecule has 0 amide bonds. The topological polar surface area (TPSA) is 57.6 Å². The van der Waals surface area contributed by atoms with Gasteiger partial charge in [-0.05, 0) is 57.7 Å². The first-order chi connectivity index (χ1) is 15.7. The van der Waals surface area contributed by atoms with Crippen LogP contribution in [0.2, 0.25) is 0 Å². The molecule has 0 spiro atoms. The molecular formula is C25H36N6O. The highest BCUT2D eigenvalue weighted by molar-refractivity contribution is 5.40. The Hall–Kier alpha value is -2.09. The second-order valence-electron chi connectivity index (χ2n) is 9.50. The highest BCUT2D eigenvalue weighted by Crippen LogP contribution is 2.33. The zero-order chi connectivity index (χ0) is 21.9. The van der Waals surface area contributed by atoms with Gasteiger partial charge in [-0.25, -0.2) is 9.97 Å². The molecule has 2 aromatic heterocycles. The van der Waals surface area contributed by atoms with E-state index in [-0.39, 0.29) is 0 Å². The first-order valence-electron chi connectivity index (χ1n) is 12.2. The lowest BCUT2D eigenvalue weighted by atomic mass is 9.91. The van der Waals surface area contributed by atoms with Crippen LogP contribution >= 0.6 is 0 Å². The molecule has 32 heavy (non-hydrogen) atoms. The number of ether oxygens (including phenoxy) is 1. The summed E-state index contributed by atoms with van der Waals surface area (Å²) in [5.74, 6) is 1.95. The number of piperidine rings is 1. The Kier molecular flexibility index (Phi) is 6.67. The van der Waals surface area contributed by atoms with Gasteiger partial charge in [0.25, 0.3) is 0 Å². The van der Waals surface area contributed by atoms with Crippen LogP contribution < -0.4 is 4.90 Å². The van der Waals surface area contributed by atoms with E-state index in [9.17, 15) is 0 Å². The summed E-state index contributed by atoms with van der Waals surface area (Å²) in [6.45, 7) is 8.87. The highest BCUT2D eigenvalue weighted by atomic mass is 16.5. The Labute approximate surface area is 191 Å². The summed E-state index contributed by atoms with van der Waals surface area (Å²) >= 11 is 0. The molecule has 0 radical (unpaired) electrons. The summed E-state index contributed by atoms with van der Waals surface area (Å²) in [6.07, 6.45) is 7.85. The molecule has 2 aromatic rings. The molecule has 0 aromatic carbocycles. The van der Waals surface area contributed by atoms with Gasteiger partial charge in [-0.3, -0.25) is 14.8 Å². The largest absolute Gasteiger partial charge is 0.379 e. The van der Waals surface area contributed by atoms with Gasteiger partial charge >= 0.3 is 0 Å². The summed E-state index contributed by atoms with van der Waals surface area (Å²) in [7, 11) is 2.21. The van der Waals surface area contributed by atoms with Crippen LogP contribution in [0.1, 0.15) is 54.5 Å². The molecule has 5 rings (SSSR count). The average molecular weight is 437 g/mol. The molecule has 4 heterocycles. The van der Waals surface area contributed by atoms with E-state index in [1.54, 1.807) is 0 Å². The van der Waals surface area contributed by atoms with Gasteiger partial charge in [0.2, 0.25) is 0 Å². The van der Waals surface area contributed by atoms with E-state index < -0.39 is 0 Å². The van der Waals surface area contributed by atoms with Crippen molar-refractivity contribution >= 4 is 5.82 Å². The molecule has 2 aliphatic heterocycles. The van der Waals surface area contributed by atoms with E-state index in [0.29, 0.717) is 12.1 Å². The molecule has 2 saturated heterocycles. The van der Waals surface area contributed by atoms with E-state index in [2.05, 4.69) is 39.9 Å². The Morgan fingerprint density at radius 1 is 1.09 bits per heavy atom. The van der Waals surface area contributed by atoms with E-state index in [1.165, 1.54) is 30.5 Å². The molecule has 0 bridgehead atoms. The number of aromatic nitrogens is 3. The van der Waals surface area contributed by atoms with Crippen molar-refractivity contribution in [2.24, 2.45) is 0 Å². The lowest BCUT2D eigenvalue weighted by molar-refractivity contribution is 0.0114. The van der Waals surface area contributed by atoms with Gasteiger partial charge in [-0.15, -0.1) is 0 Å². The predicted molar refractivity (Wildman–Crippen MR) is 126 cm³/mol. The third kappa shape index (κ3) is 4.80. The molecule has 0 N–H and O–H groups in total. The minimum absolute atomic E-state index is 0.364. The number of anilines is 1. The van der Waals surface area contributed by atoms with Crippen molar-refractivity contribution in [3.8, 4) is 0 Å². The Morgan fingerprint density at radius 3 is 2.72 bits per heavy atom. The summed E-state index contributed by atoms with van der Waals surface area (Å²) in [5, 5.41) is 0. The van der Waals surface area contributed by atoms with Crippen LogP contribution in [0.3, 0.4) is 0 Å². The number of fused-ring (bicyclic) bond motifs is 1. The monoisotopic (exact) mass is 436 g/mol. The zero-order valence-electron chi connectivity index (χ0n) is 19.5. The number of hydrogen-bond acceptors (Lipinski definition) is 7. The summed E-state index contributed by atoms with van der Waals surface area (Å²) in [4.78, 5) is 21.8. The standard InChI is InChI=1S/C25H36N6O/c1-19-27-21(18-29(2)23-7-3-5-20-6-4-10-26-25(20)23)17-24(28-19)31-11-8-22(9-12-31)30-13-15-32-16-14-30/h4,6,10,17,22-23H,3,5,7-9,11-16,18H2,1-2H3/t23-/m0/s1. The Balaban J connectivity index is 1.25. The fraction of sp³-hybridized carbons (Fsp3) is 0.640.